The van der Waals surface area contributed by atoms with E-state index < -0.39 is 5.60 Å². The predicted molar refractivity (Wildman–Crippen MR) is 83.5 cm³/mol. The fraction of sp³-hybridized carbons (Fsp3) is 0.706. The van der Waals surface area contributed by atoms with Crippen LogP contribution in [0.5, 0.6) is 0 Å². The van der Waals surface area contributed by atoms with E-state index in [-0.39, 0.29) is 12.1 Å². The first-order chi connectivity index (χ1) is 10.3. The molecular weight excluding hydrogens is 282 g/mol. The predicted octanol–water partition coefficient (Wildman–Crippen LogP) is 4.13. The zero-order chi connectivity index (χ0) is 16.3. The van der Waals surface area contributed by atoms with Crippen LogP contribution in [0.2, 0.25) is 0 Å². The number of hydrogen-bond acceptors (Lipinski definition) is 4. The third-order valence-electron chi connectivity index (χ3n) is 3.79. The minimum Gasteiger partial charge on any atom is -0.461 e. The highest BCUT2D eigenvalue weighted by molar-refractivity contribution is 5.69. The van der Waals surface area contributed by atoms with E-state index in [9.17, 15) is 4.79 Å². The Labute approximate surface area is 132 Å². The number of carbonyl (C=O) groups is 1. The first-order valence-corrected chi connectivity index (χ1v) is 7.87. The lowest BCUT2D eigenvalue weighted by Crippen LogP contribution is -2.43. The fourth-order valence-corrected chi connectivity index (χ4v) is 2.74. The molecule has 2 unspecified atom stereocenters. The van der Waals surface area contributed by atoms with Crippen LogP contribution in [0.25, 0.3) is 0 Å². The summed E-state index contributed by atoms with van der Waals surface area (Å²) in [4.78, 5) is 14.3. The highest BCUT2D eigenvalue weighted by Gasteiger charge is 2.35. The molecule has 0 spiro atoms. The molecule has 1 fully saturated rings. The number of ether oxygens (including phenoxy) is 2. The van der Waals surface area contributed by atoms with Gasteiger partial charge in [-0.1, -0.05) is 6.92 Å². The molecule has 1 aliphatic heterocycles. The van der Waals surface area contributed by atoms with Crippen LogP contribution in [0.4, 0.5) is 4.79 Å². The lowest BCUT2D eigenvalue weighted by atomic mass is 9.91. The molecule has 0 radical (unpaired) electrons. The molecule has 0 aromatic carbocycles. The van der Waals surface area contributed by atoms with Crippen molar-refractivity contribution in [1.82, 2.24) is 4.90 Å². The SMILES string of the molecule is COCc1ccc(C2CC(C)CCN2C(=O)OC(C)(C)C)o1. The molecule has 0 bridgehead atoms. The second-order valence-corrected chi connectivity index (χ2v) is 7.06. The van der Waals surface area contributed by atoms with Gasteiger partial charge in [0, 0.05) is 13.7 Å². The minimum atomic E-state index is -0.491. The zero-order valence-corrected chi connectivity index (χ0v) is 14.2. The Kier molecular flexibility index (Phi) is 5.16. The van der Waals surface area contributed by atoms with Gasteiger partial charge in [0.15, 0.2) is 0 Å². The Morgan fingerprint density at radius 2 is 2.14 bits per heavy atom. The van der Waals surface area contributed by atoms with Gasteiger partial charge >= 0.3 is 6.09 Å². The lowest BCUT2D eigenvalue weighted by molar-refractivity contribution is 0.00168. The molecular formula is C17H27NO4. The number of carbonyl (C=O) groups excluding carboxylic acids is 1. The van der Waals surface area contributed by atoms with E-state index in [1.165, 1.54) is 0 Å². The van der Waals surface area contributed by atoms with Gasteiger partial charge in [-0.05, 0) is 51.7 Å². The van der Waals surface area contributed by atoms with Gasteiger partial charge in [-0.3, -0.25) is 4.90 Å². The summed E-state index contributed by atoms with van der Waals surface area (Å²) in [6.07, 6.45) is 1.61. The summed E-state index contributed by atoms with van der Waals surface area (Å²) in [6, 6.07) is 3.78. The second kappa shape index (κ2) is 6.73. The van der Waals surface area contributed by atoms with Crippen LogP contribution >= 0.6 is 0 Å². The number of likely N-dealkylation sites (tertiary alicyclic amines) is 1. The van der Waals surface area contributed by atoms with Crippen molar-refractivity contribution in [2.75, 3.05) is 13.7 Å². The lowest BCUT2D eigenvalue weighted by Gasteiger charge is -2.38. The number of hydrogen-bond donors (Lipinski definition) is 0. The first-order valence-electron chi connectivity index (χ1n) is 7.87. The number of amides is 1. The average molecular weight is 309 g/mol. The van der Waals surface area contributed by atoms with E-state index in [0.717, 1.165) is 24.4 Å². The second-order valence-electron chi connectivity index (χ2n) is 7.06. The van der Waals surface area contributed by atoms with E-state index in [4.69, 9.17) is 13.9 Å². The third kappa shape index (κ3) is 4.26. The molecule has 2 atom stereocenters. The van der Waals surface area contributed by atoms with Crippen molar-refractivity contribution in [3.8, 4) is 0 Å². The van der Waals surface area contributed by atoms with E-state index in [2.05, 4.69) is 6.92 Å². The van der Waals surface area contributed by atoms with Crippen molar-refractivity contribution in [3.63, 3.8) is 0 Å². The maximum absolute atomic E-state index is 12.5. The molecule has 0 N–H and O–H groups in total. The van der Waals surface area contributed by atoms with Crippen LogP contribution in [-0.2, 0) is 16.1 Å². The molecule has 1 aromatic rings. The summed E-state index contributed by atoms with van der Waals surface area (Å²) in [5.41, 5.74) is -0.491. The van der Waals surface area contributed by atoms with Crippen molar-refractivity contribution in [2.45, 2.75) is 58.8 Å². The fourth-order valence-electron chi connectivity index (χ4n) is 2.74. The van der Waals surface area contributed by atoms with Gasteiger partial charge in [-0.25, -0.2) is 4.79 Å². The highest BCUT2D eigenvalue weighted by atomic mass is 16.6. The molecule has 2 heterocycles. The number of furan rings is 1. The quantitative estimate of drug-likeness (QED) is 0.842. The van der Waals surface area contributed by atoms with Gasteiger partial charge < -0.3 is 13.9 Å². The maximum Gasteiger partial charge on any atom is 0.410 e. The Morgan fingerprint density at radius 1 is 1.41 bits per heavy atom. The summed E-state index contributed by atoms with van der Waals surface area (Å²) in [6.45, 7) is 9.00. The summed E-state index contributed by atoms with van der Waals surface area (Å²) >= 11 is 0. The van der Waals surface area contributed by atoms with Crippen molar-refractivity contribution in [3.05, 3.63) is 23.7 Å². The Morgan fingerprint density at radius 3 is 2.77 bits per heavy atom. The Bertz CT molecular complexity index is 503. The van der Waals surface area contributed by atoms with Gasteiger partial charge in [-0.2, -0.15) is 0 Å². The molecule has 1 aromatic heterocycles. The first kappa shape index (κ1) is 16.9. The van der Waals surface area contributed by atoms with E-state index >= 15 is 0 Å². The standard InChI is InChI=1S/C17H27NO4/c1-12-8-9-18(16(19)22-17(2,3)4)14(10-12)15-7-6-13(21-15)11-20-5/h6-7,12,14H,8-11H2,1-5H3. The maximum atomic E-state index is 12.5. The van der Waals surface area contributed by atoms with E-state index in [1.54, 1.807) is 12.0 Å². The van der Waals surface area contributed by atoms with Crippen molar-refractivity contribution in [1.29, 1.82) is 0 Å². The number of nitrogens with zero attached hydrogens (tertiary/aromatic N) is 1. The molecule has 5 nitrogen and oxygen atoms in total. The van der Waals surface area contributed by atoms with Gasteiger partial charge in [0.25, 0.3) is 0 Å². The summed E-state index contributed by atoms with van der Waals surface area (Å²) in [5, 5.41) is 0. The van der Waals surface area contributed by atoms with Crippen molar-refractivity contribution >= 4 is 6.09 Å². The van der Waals surface area contributed by atoms with Crippen LogP contribution in [0.3, 0.4) is 0 Å². The summed E-state index contributed by atoms with van der Waals surface area (Å²) in [5.74, 6) is 2.14. The van der Waals surface area contributed by atoms with Gasteiger partial charge in [-0.15, -0.1) is 0 Å². The molecule has 0 aliphatic carbocycles. The average Bonchev–Trinajstić information content (AvgIpc) is 2.85. The van der Waals surface area contributed by atoms with Crippen LogP contribution in [0, 0.1) is 5.92 Å². The zero-order valence-electron chi connectivity index (χ0n) is 14.2. The monoisotopic (exact) mass is 309 g/mol. The van der Waals surface area contributed by atoms with E-state index in [0.29, 0.717) is 19.1 Å². The molecule has 22 heavy (non-hydrogen) atoms. The Balaban J connectivity index is 2.17. The number of rotatable bonds is 3. The van der Waals surface area contributed by atoms with Crippen LogP contribution in [0.1, 0.15) is 58.1 Å². The smallest absolute Gasteiger partial charge is 0.410 e. The number of piperidine rings is 1. The van der Waals surface area contributed by atoms with Gasteiger partial charge in [0.1, 0.15) is 23.7 Å². The molecule has 0 saturated carbocycles. The van der Waals surface area contributed by atoms with Crippen LogP contribution in [0.15, 0.2) is 16.5 Å². The summed E-state index contributed by atoms with van der Waals surface area (Å²) in [7, 11) is 1.64. The summed E-state index contributed by atoms with van der Waals surface area (Å²) < 4.78 is 16.5. The molecule has 5 heteroatoms. The van der Waals surface area contributed by atoms with Crippen LogP contribution in [-0.4, -0.2) is 30.2 Å². The van der Waals surface area contributed by atoms with Crippen molar-refractivity contribution < 1.29 is 18.7 Å². The molecule has 1 aliphatic rings. The van der Waals surface area contributed by atoms with Crippen LogP contribution < -0.4 is 0 Å². The minimum absolute atomic E-state index is 0.0655. The topological polar surface area (TPSA) is 51.9 Å². The molecule has 124 valence electrons. The molecule has 1 saturated heterocycles. The largest absolute Gasteiger partial charge is 0.461 e. The highest BCUT2D eigenvalue weighted by Crippen LogP contribution is 2.35. The molecule has 1 amide bonds. The Hall–Kier alpha value is -1.49. The third-order valence-corrected chi connectivity index (χ3v) is 3.79. The van der Waals surface area contributed by atoms with Gasteiger partial charge in [0.05, 0.1) is 6.04 Å². The normalized spacial score (nSPS) is 22.7. The van der Waals surface area contributed by atoms with Gasteiger partial charge in [0.2, 0.25) is 0 Å². The number of methoxy groups -OCH3 is 1. The van der Waals surface area contributed by atoms with E-state index in [1.807, 2.05) is 32.9 Å². The molecule has 2 rings (SSSR count). The van der Waals surface area contributed by atoms with Crippen molar-refractivity contribution in [2.24, 2.45) is 5.92 Å².